The van der Waals surface area contributed by atoms with Crippen LogP contribution in [0.4, 0.5) is 10.2 Å². The number of aliphatic hydroxyl groups excluding tert-OH is 3. The molecule has 1 aliphatic rings. The number of nitrogen functional groups attached to an aromatic ring is 1. The number of anilines is 1. The highest BCUT2D eigenvalue weighted by atomic mass is 19.1. The van der Waals surface area contributed by atoms with E-state index in [1.54, 1.807) is 0 Å². The van der Waals surface area contributed by atoms with Crippen molar-refractivity contribution in [3.8, 4) is 0 Å². The monoisotopic (exact) mass is 396 g/mol. The van der Waals surface area contributed by atoms with Gasteiger partial charge in [-0.15, -0.1) is 0 Å². The first-order valence-electron chi connectivity index (χ1n) is 7.91. The summed E-state index contributed by atoms with van der Waals surface area (Å²) in [5.74, 6) is -0.996. The van der Waals surface area contributed by atoms with Crippen molar-refractivity contribution in [3.63, 3.8) is 0 Å². The van der Waals surface area contributed by atoms with E-state index < -0.39 is 42.7 Å². The van der Waals surface area contributed by atoms with E-state index in [2.05, 4.69) is 19.9 Å². The standard InChI is InChI=1S/C10H13N5O4.C4H4FN3O/c11-8-5-9(13-2-12-5)14-3-15(8)10-7(18)6(17)4(1-16)19-10;5-2-1-7-4(9)8-3(2)6/h2-4,6-7,10-11,16-18H,1H2,(H,12,13);1H,(H3,6,7,8,9)/t4-,6-,7+,10-;/m1./s1. The highest BCUT2D eigenvalue weighted by molar-refractivity contribution is 5.67. The molecule has 1 aliphatic heterocycles. The largest absolute Gasteiger partial charge is 0.394 e. The molecule has 3 aromatic heterocycles. The topological polar surface area (TPSA) is 212 Å². The molecule has 8 N–H and O–H groups in total. The molecule has 0 radical (unpaired) electrons. The van der Waals surface area contributed by atoms with E-state index in [0.29, 0.717) is 11.2 Å². The third-order valence-electron chi connectivity index (χ3n) is 4.00. The molecule has 3 aromatic rings. The van der Waals surface area contributed by atoms with Gasteiger partial charge in [0.1, 0.15) is 36.0 Å². The lowest BCUT2D eigenvalue weighted by Gasteiger charge is -2.17. The Labute approximate surface area is 154 Å². The predicted octanol–water partition coefficient (Wildman–Crippen LogP) is -2.66. The van der Waals surface area contributed by atoms with E-state index in [0.717, 1.165) is 6.20 Å². The lowest BCUT2D eigenvalue weighted by Crippen LogP contribution is -2.35. The number of hydrogen-bond donors (Lipinski definition) is 7. The number of aliphatic hydroxyl groups is 3. The molecule has 1 fully saturated rings. The fraction of sp³-hybridized carbons (Fsp3) is 0.357. The summed E-state index contributed by atoms with van der Waals surface area (Å²) in [4.78, 5) is 26.0. The summed E-state index contributed by atoms with van der Waals surface area (Å²) in [5, 5.41) is 36.7. The lowest BCUT2D eigenvalue weighted by atomic mass is 10.1. The summed E-state index contributed by atoms with van der Waals surface area (Å²) in [5.41, 5.74) is 5.12. The van der Waals surface area contributed by atoms with Crippen molar-refractivity contribution in [2.24, 2.45) is 0 Å². The van der Waals surface area contributed by atoms with Crippen LogP contribution in [0.1, 0.15) is 6.23 Å². The number of H-pyrrole nitrogens is 2. The molecule has 0 saturated carbocycles. The fourth-order valence-corrected chi connectivity index (χ4v) is 2.56. The van der Waals surface area contributed by atoms with Gasteiger partial charge < -0.3 is 30.8 Å². The van der Waals surface area contributed by atoms with E-state index in [4.69, 9.17) is 21.0 Å². The number of aromatic nitrogens is 6. The quantitative estimate of drug-likeness (QED) is 0.240. The molecule has 0 aromatic carbocycles. The molecule has 0 unspecified atom stereocenters. The minimum atomic E-state index is -1.24. The number of ether oxygens (including phenoxy) is 1. The minimum absolute atomic E-state index is 0.0253. The second-order valence-electron chi connectivity index (χ2n) is 5.78. The van der Waals surface area contributed by atoms with E-state index in [-0.39, 0.29) is 11.3 Å². The van der Waals surface area contributed by atoms with Crippen molar-refractivity contribution in [2.45, 2.75) is 24.5 Å². The lowest BCUT2D eigenvalue weighted by molar-refractivity contribution is -0.0551. The van der Waals surface area contributed by atoms with Crippen LogP contribution in [0.2, 0.25) is 0 Å². The first-order valence-corrected chi connectivity index (χ1v) is 7.91. The molecule has 0 bridgehead atoms. The van der Waals surface area contributed by atoms with Crippen molar-refractivity contribution in [3.05, 3.63) is 40.6 Å². The maximum Gasteiger partial charge on any atom is 0.346 e. The van der Waals surface area contributed by atoms with Crippen molar-refractivity contribution in [1.29, 1.82) is 5.41 Å². The molecule has 4 heterocycles. The predicted molar refractivity (Wildman–Crippen MR) is 90.0 cm³/mol. The van der Waals surface area contributed by atoms with Gasteiger partial charge in [-0.1, -0.05) is 0 Å². The number of nitrogens with two attached hydrogens (primary N) is 1. The third kappa shape index (κ3) is 3.61. The van der Waals surface area contributed by atoms with Crippen LogP contribution in [-0.2, 0) is 4.74 Å². The van der Waals surface area contributed by atoms with Crippen molar-refractivity contribution in [1.82, 2.24) is 29.5 Å². The average Bonchev–Trinajstić information content (AvgIpc) is 3.26. The van der Waals surface area contributed by atoms with Gasteiger partial charge in [0, 0.05) is 0 Å². The number of fused-ring (bicyclic) bond motifs is 1. The normalized spacial score (nSPS) is 24.1. The van der Waals surface area contributed by atoms with Gasteiger partial charge in [-0.25, -0.2) is 19.2 Å². The van der Waals surface area contributed by atoms with Crippen LogP contribution in [0.15, 0.2) is 23.6 Å². The Hall–Kier alpha value is -3.20. The number of halogens is 1. The Bertz CT molecular complexity index is 1080. The first kappa shape index (κ1) is 19.6. The Morgan fingerprint density at radius 1 is 1.32 bits per heavy atom. The van der Waals surface area contributed by atoms with Crippen molar-refractivity contribution in [2.75, 3.05) is 12.3 Å². The van der Waals surface area contributed by atoms with Gasteiger partial charge in [-0.3, -0.25) is 15.0 Å². The second-order valence-corrected chi connectivity index (χ2v) is 5.78. The summed E-state index contributed by atoms with van der Waals surface area (Å²) >= 11 is 0. The number of rotatable bonds is 2. The fourth-order valence-electron chi connectivity index (χ4n) is 2.56. The van der Waals surface area contributed by atoms with E-state index in [1.165, 1.54) is 17.2 Å². The SMILES string of the molecule is N=c1c2[nH]cnc2ncn1[C@@H]1O[C@H](CO)[C@@H](O)[C@@H]1O.Nc1[nH]c(=O)ncc1F. The molecule has 0 amide bonds. The van der Waals surface area contributed by atoms with Crippen LogP contribution in [0.5, 0.6) is 0 Å². The Morgan fingerprint density at radius 3 is 2.68 bits per heavy atom. The maximum absolute atomic E-state index is 12.1. The van der Waals surface area contributed by atoms with Crippen LogP contribution in [0.3, 0.4) is 0 Å². The zero-order valence-electron chi connectivity index (χ0n) is 14.2. The van der Waals surface area contributed by atoms with E-state index in [9.17, 15) is 19.4 Å². The van der Waals surface area contributed by atoms with Gasteiger partial charge in [-0.05, 0) is 0 Å². The van der Waals surface area contributed by atoms with E-state index in [1.807, 2.05) is 4.98 Å². The summed E-state index contributed by atoms with van der Waals surface area (Å²) in [7, 11) is 0. The number of nitrogens with zero attached hydrogens (tertiary/aromatic N) is 4. The van der Waals surface area contributed by atoms with Crippen LogP contribution in [0, 0.1) is 11.2 Å². The van der Waals surface area contributed by atoms with Gasteiger partial charge in [0.2, 0.25) is 0 Å². The summed E-state index contributed by atoms with van der Waals surface area (Å²) in [6.07, 6.45) is -0.811. The molecule has 0 aliphatic carbocycles. The zero-order valence-corrected chi connectivity index (χ0v) is 14.2. The molecular formula is C14H17FN8O5. The molecule has 0 spiro atoms. The van der Waals surface area contributed by atoms with Crippen LogP contribution in [-0.4, -0.2) is 69.7 Å². The highest BCUT2D eigenvalue weighted by Gasteiger charge is 2.43. The Morgan fingerprint density at radius 2 is 2.07 bits per heavy atom. The van der Waals surface area contributed by atoms with Crippen LogP contribution >= 0.6 is 0 Å². The number of nitrogens with one attached hydrogen (secondary N) is 3. The molecular weight excluding hydrogens is 379 g/mol. The van der Waals surface area contributed by atoms with Gasteiger partial charge in [0.05, 0.1) is 19.1 Å². The molecule has 1 saturated heterocycles. The van der Waals surface area contributed by atoms with Crippen molar-refractivity contribution >= 4 is 17.0 Å². The molecule has 4 rings (SSSR count). The van der Waals surface area contributed by atoms with Gasteiger partial charge in [0.15, 0.2) is 23.2 Å². The number of hydrogen-bond acceptors (Lipinski definition) is 10. The number of imidazole rings is 1. The summed E-state index contributed by atoms with van der Waals surface area (Å²) < 4.78 is 18.8. The minimum Gasteiger partial charge on any atom is -0.394 e. The highest BCUT2D eigenvalue weighted by Crippen LogP contribution is 2.28. The van der Waals surface area contributed by atoms with E-state index >= 15 is 0 Å². The second kappa shape index (κ2) is 7.81. The van der Waals surface area contributed by atoms with Gasteiger partial charge in [0.25, 0.3) is 0 Å². The average molecular weight is 396 g/mol. The zero-order chi connectivity index (χ0) is 20.4. The van der Waals surface area contributed by atoms with Gasteiger partial charge in [-0.2, -0.15) is 4.98 Å². The maximum atomic E-state index is 12.1. The summed E-state index contributed by atoms with van der Waals surface area (Å²) in [6.45, 7) is -0.414. The molecule has 4 atom stereocenters. The number of aromatic amines is 2. The third-order valence-corrected chi connectivity index (χ3v) is 4.00. The molecule has 13 nitrogen and oxygen atoms in total. The van der Waals surface area contributed by atoms with Crippen molar-refractivity contribution < 1.29 is 24.4 Å². The molecule has 28 heavy (non-hydrogen) atoms. The molecule has 14 heteroatoms. The smallest absolute Gasteiger partial charge is 0.346 e. The molecule has 150 valence electrons. The van der Waals surface area contributed by atoms with Gasteiger partial charge >= 0.3 is 5.69 Å². The summed E-state index contributed by atoms with van der Waals surface area (Å²) in [6, 6.07) is 0. The van der Waals surface area contributed by atoms with Crippen LogP contribution < -0.4 is 16.9 Å². The first-order chi connectivity index (χ1) is 13.3. The Balaban J connectivity index is 0.000000211. The van der Waals surface area contributed by atoms with Crippen LogP contribution in [0.25, 0.3) is 11.2 Å². The Kier molecular flexibility index (Phi) is 5.46.